The maximum atomic E-state index is 12.5. The van der Waals surface area contributed by atoms with Crippen molar-refractivity contribution >= 4 is 23.1 Å². The lowest BCUT2D eigenvalue weighted by molar-refractivity contribution is -0.385. The van der Waals surface area contributed by atoms with Gasteiger partial charge in [0.15, 0.2) is 0 Å². The van der Waals surface area contributed by atoms with E-state index in [2.05, 4.69) is 27.1 Å². The first kappa shape index (κ1) is 17.8. The van der Waals surface area contributed by atoms with E-state index in [0.29, 0.717) is 11.3 Å². The molecule has 0 spiro atoms. The number of amides is 1. The Kier molecular flexibility index (Phi) is 5.13. The molecule has 1 aliphatic heterocycles. The first-order valence-corrected chi connectivity index (χ1v) is 8.40. The van der Waals surface area contributed by atoms with Gasteiger partial charge in [0, 0.05) is 31.7 Å². The molecule has 1 aromatic heterocycles. The van der Waals surface area contributed by atoms with Crippen molar-refractivity contribution in [3.8, 4) is 0 Å². The summed E-state index contributed by atoms with van der Waals surface area (Å²) in [4.78, 5) is 32.0. The fourth-order valence-corrected chi connectivity index (χ4v) is 2.97. The number of pyridine rings is 1. The van der Waals surface area contributed by atoms with Crippen LogP contribution in [0, 0.1) is 17.0 Å². The fourth-order valence-electron chi connectivity index (χ4n) is 2.97. The number of hydrogen-bond acceptors (Lipinski definition) is 6. The maximum absolute atomic E-state index is 12.5. The Morgan fingerprint density at radius 3 is 2.54 bits per heavy atom. The Morgan fingerprint density at radius 2 is 1.92 bits per heavy atom. The van der Waals surface area contributed by atoms with Crippen LogP contribution in [-0.2, 0) is 0 Å². The van der Waals surface area contributed by atoms with E-state index in [1.807, 2.05) is 6.07 Å². The summed E-state index contributed by atoms with van der Waals surface area (Å²) in [5.74, 6) is 0.340. The highest BCUT2D eigenvalue weighted by atomic mass is 16.6. The number of piperazine rings is 1. The van der Waals surface area contributed by atoms with Gasteiger partial charge in [-0.1, -0.05) is 12.1 Å². The lowest BCUT2D eigenvalue weighted by Gasteiger charge is -2.33. The van der Waals surface area contributed by atoms with Crippen molar-refractivity contribution in [1.82, 2.24) is 9.88 Å². The van der Waals surface area contributed by atoms with Crippen LogP contribution in [0.15, 0.2) is 36.5 Å². The second kappa shape index (κ2) is 7.49. The summed E-state index contributed by atoms with van der Waals surface area (Å²) < 4.78 is 0. The summed E-state index contributed by atoms with van der Waals surface area (Å²) in [5, 5.41) is 13.9. The molecule has 136 valence electrons. The molecular formula is C18H21N5O3. The summed E-state index contributed by atoms with van der Waals surface area (Å²) in [5.41, 5.74) is 0.819. The quantitative estimate of drug-likeness (QED) is 0.668. The van der Waals surface area contributed by atoms with Gasteiger partial charge in [-0.25, -0.2) is 4.98 Å². The normalized spacial score (nSPS) is 14.9. The molecule has 1 saturated heterocycles. The predicted molar refractivity (Wildman–Crippen MR) is 99.7 cm³/mol. The molecule has 0 unspecified atom stereocenters. The zero-order chi connectivity index (χ0) is 18.7. The van der Waals surface area contributed by atoms with Crippen molar-refractivity contribution in [3.05, 3.63) is 57.8 Å². The largest absolute Gasteiger partial charge is 0.354 e. The van der Waals surface area contributed by atoms with E-state index in [0.717, 1.165) is 32.0 Å². The Morgan fingerprint density at radius 1 is 1.19 bits per heavy atom. The number of para-hydroxylation sites is 1. The van der Waals surface area contributed by atoms with E-state index in [1.165, 1.54) is 6.07 Å². The van der Waals surface area contributed by atoms with Crippen molar-refractivity contribution in [1.29, 1.82) is 0 Å². The Labute approximate surface area is 151 Å². The van der Waals surface area contributed by atoms with Crippen molar-refractivity contribution < 1.29 is 9.72 Å². The predicted octanol–water partition coefficient (Wildman–Crippen LogP) is 2.30. The second-order valence-corrected chi connectivity index (χ2v) is 6.38. The molecule has 26 heavy (non-hydrogen) atoms. The van der Waals surface area contributed by atoms with Crippen LogP contribution in [0.2, 0.25) is 0 Å². The molecule has 1 N–H and O–H groups in total. The molecule has 0 aliphatic carbocycles. The van der Waals surface area contributed by atoms with Gasteiger partial charge in [-0.3, -0.25) is 14.9 Å². The van der Waals surface area contributed by atoms with E-state index >= 15 is 0 Å². The molecule has 1 fully saturated rings. The van der Waals surface area contributed by atoms with Crippen LogP contribution >= 0.6 is 0 Å². The minimum atomic E-state index is -0.529. The standard InChI is InChI=1S/C18H21N5O3/c1-13-4-3-5-15(17(13)23(25)26)18(24)20-14-6-7-16(19-12-14)22-10-8-21(2)9-11-22/h3-7,12H,8-11H2,1-2H3,(H,20,24). The smallest absolute Gasteiger partial charge is 0.285 e. The van der Waals surface area contributed by atoms with Gasteiger partial charge >= 0.3 is 0 Å². The second-order valence-electron chi connectivity index (χ2n) is 6.38. The van der Waals surface area contributed by atoms with Crippen LogP contribution < -0.4 is 10.2 Å². The summed E-state index contributed by atoms with van der Waals surface area (Å²) in [6.45, 7) is 5.39. The summed E-state index contributed by atoms with van der Waals surface area (Å²) in [6.07, 6.45) is 1.58. The average Bonchev–Trinajstić information content (AvgIpc) is 2.62. The molecule has 0 saturated carbocycles. The van der Waals surface area contributed by atoms with Crippen LogP contribution in [0.4, 0.5) is 17.2 Å². The van der Waals surface area contributed by atoms with E-state index < -0.39 is 10.8 Å². The molecule has 0 radical (unpaired) electrons. The number of aromatic nitrogens is 1. The number of hydrogen-bond donors (Lipinski definition) is 1. The zero-order valence-corrected chi connectivity index (χ0v) is 14.8. The number of rotatable bonds is 4. The minimum Gasteiger partial charge on any atom is -0.354 e. The highest BCUT2D eigenvalue weighted by Crippen LogP contribution is 2.24. The van der Waals surface area contributed by atoms with Gasteiger partial charge in [-0.15, -0.1) is 0 Å². The minimum absolute atomic E-state index is 0.0399. The number of benzene rings is 1. The van der Waals surface area contributed by atoms with Gasteiger partial charge in [-0.2, -0.15) is 0 Å². The number of nitrogens with zero attached hydrogens (tertiary/aromatic N) is 4. The van der Waals surface area contributed by atoms with Gasteiger partial charge in [-0.05, 0) is 32.2 Å². The van der Waals surface area contributed by atoms with Crippen LogP contribution in [0.5, 0.6) is 0 Å². The van der Waals surface area contributed by atoms with E-state index in [4.69, 9.17) is 0 Å². The average molecular weight is 355 g/mol. The number of nitro groups is 1. The molecule has 2 heterocycles. The topological polar surface area (TPSA) is 91.6 Å². The molecule has 1 aromatic carbocycles. The van der Waals surface area contributed by atoms with Gasteiger partial charge < -0.3 is 15.1 Å². The Balaban J connectivity index is 1.73. The Bertz CT molecular complexity index is 814. The summed E-state index contributed by atoms with van der Waals surface area (Å²) in [6, 6.07) is 8.31. The monoisotopic (exact) mass is 355 g/mol. The van der Waals surface area contributed by atoms with Crippen LogP contribution in [0.1, 0.15) is 15.9 Å². The van der Waals surface area contributed by atoms with E-state index in [1.54, 1.807) is 31.3 Å². The molecule has 8 heteroatoms. The number of nitrogens with one attached hydrogen (secondary N) is 1. The number of carbonyl (C=O) groups is 1. The maximum Gasteiger partial charge on any atom is 0.285 e. The first-order chi connectivity index (χ1) is 12.5. The lowest BCUT2D eigenvalue weighted by atomic mass is 10.1. The first-order valence-electron chi connectivity index (χ1n) is 8.40. The fraction of sp³-hybridized carbons (Fsp3) is 0.333. The molecule has 1 aliphatic rings. The molecule has 0 bridgehead atoms. The zero-order valence-electron chi connectivity index (χ0n) is 14.8. The van der Waals surface area contributed by atoms with Crippen molar-refractivity contribution in [2.45, 2.75) is 6.92 Å². The highest BCUT2D eigenvalue weighted by molar-refractivity contribution is 6.07. The van der Waals surface area contributed by atoms with Crippen LogP contribution in [0.3, 0.4) is 0 Å². The van der Waals surface area contributed by atoms with Crippen molar-refractivity contribution in [2.75, 3.05) is 43.4 Å². The van der Waals surface area contributed by atoms with E-state index in [9.17, 15) is 14.9 Å². The van der Waals surface area contributed by atoms with Crippen LogP contribution in [-0.4, -0.2) is 53.9 Å². The number of aryl methyl sites for hydroxylation is 1. The molecule has 1 amide bonds. The van der Waals surface area contributed by atoms with Gasteiger partial charge in [0.2, 0.25) is 0 Å². The Hall–Kier alpha value is -3.00. The molecular weight excluding hydrogens is 334 g/mol. The van der Waals surface area contributed by atoms with Crippen LogP contribution in [0.25, 0.3) is 0 Å². The third kappa shape index (κ3) is 3.80. The number of anilines is 2. The van der Waals surface area contributed by atoms with Crippen molar-refractivity contribution in [3.63, 3.8) is 0 Å². The highest BCUT2D eigenvalue weighted by Gasteiger charge is 2.22. The molecule has 0 atom stereocenters. The van der Waals surface area contributed by atoms with Gasteiger partial charge in [0.1, 0.15) is 11.4 Å². The van der Waals surface area contributed by atoms with E-state index in [-0.39, 0.29) is 11.3 Å². The number of nitro benzene ring substituents is 1. The third-order valence-corrected chi connectivity index (χ3v) is 4.50. The van der Waals surface area contributed by atoms with Crippen molar-refractivity contribution in [2.24, 2.45) is 0 Å². The molecule has 3 rings (SSSR count). The summed E-state index contributed by atoms with van der Waals surface area (Å²) >= 11 is 0. The number of carbonyl (C=O) groups excluding carboxylic acids is 1. The SMILES string of the molecule is Cc1cccc(C(=O)Nc2ccc(N3CCN(C)CC3)nc2)c1[N+](=O)[O-]. The summed E-state index contributed by atoms with van der Waals surface area (Å²) in [7, 11) is 2.09. The molecule has 8 nitrogen and oxygen atoms in total. The third-order valence-electron chi connectivity index (χ3n) is 4.50. The molecule has 2 aromatic rings. The van der Waals surface area contributed by atoms with Gasteiger partial charge in [0.05, 0.1) is 16.8 Å². The van der Waals surface area contributed by atoms with Gasteiger partial charge in [0.25, 0.3) is 11.6 Å². The number of likely N-dealkylation sites (N-methyl/N-ethyl adjacent to an activating group) is 1. The lowest BCUT2D eigenvalue weighted by Crippen LogP contribution is -2.44.